The summed E-state index contributed by atoms with van der Waals surface area (Å²) < 4.78 is 12.9. The number of thiophene rings is 1. The maximum absolute atomic E-state index is 6.91. The van der Waals surface area contributed by atoms with E-state index in [1.165, 1.54) is 98.0 Å². The van der Waals surface area contributed by atoms with Crippen molar-refractivity contribution in [1.82, 2.24) is 9.13 Å². The van der Waals surface area contributed by atoms with Crippen LogP contribution in [0.4, 0.5) is 34.1 Å². The molecule has 0 N–H and O–H groups in total. The van der Waals surface area contributed by atoms with E-state index in [4.69, 9.17) is 4.42 Å². The van der Waals surface area contributed by atoms with E-state index in [1.54, 1.807) is 0 Å². The van der Waals surface area contributed by atoms with Crippen LogP contribution in [0.2, 0.25) is 0 Å². The number of hydrogen-bond donors (Lipinski definition) is 0. The Morgan fingerprint density at radius 3 is 1.43 bits per heavy atom. The lowest BCUT2D eigenvalue weighted by Gasteiger charge is -2.28. The lowest BCUT2D eigenvalue weighted by molar-refractivity contribution is 0.631. The summed E-state index contributed by atoms with van der Waals surface area (Å²) in [7, 11) is 0. The number of anilines is 6. The first-order valence-electron chi connectivity index (χ1n) is 39.1. The molecule has 0 atom stereocenters. The van der Waals surface area contributed by atoms with Gasteiger partial charge in [0.15, 0.2) is 0 Å². The fourth-order valence-corrected chi connectivity index (χ4v) is 19.4. The minimum atomic E-state index is -0.273. The standard InChI is InChI=1S/C107H78N4OS/c1-7-21-98-86(8-2)92-61-72(43-58-100(92)110(98)78-23-11-9-12-24-78)68-34-45-80(46-35-68)108(84-53-55-88-87-27-16-18-29-94(87)106(3,4)96(88)66-84)82-49-38-70(39-50-82)102-64-76-33-32-75(63-103(76)112-102)74-42-57-95-91(60-74)89-56-54-85(67-97(89)107(95,5)6)109(83-51-40-71(41-52-83)105-65-77-22-15-20-31-104(77)113-105)81-47-36-69(37-48-81)73-44-59-101-93(62-73)90-28-17-19-30-99(90)111(101)79-25-13-10-14-26-79/h7-67H,2H2,1,3-6H3/b21-7-. The molecule has 0 spiro atoms. The van der Waals surface area contributed by atoms with Crippen molar-refractivity contribution >= 4 is 111 Å². The summed E-state index contributed by atoms with van der Waals surface area (Å²) in [5.74, 6) is 0.823. The number of furan rings is 1. The number of fused-ring (bicyclic) bond motifs is 12. The highest BCUT2D eigenvalue weighted by Crippen LogP contribution is 2.54. The smallest absolute Gasteiger partial charge is 0.135 e. The number of allylic oxidation sites excluding steroid dienone is 1. The fraction of sp³-hybridized carbons (Fsp3) is 0.0654. The molecule has 0 bridgehead atoms. The third-order valence-corrected chi connectivity index (χ3v) is 25.2. The van der Waals surface area contributed by atoms with Gasteiger partial charge in [-0.25, -0.2) is 0 Å². The van der Waals surface area contributed by atoms with Crippen molar-refractivity contribution in [3.8, 4) is 88.8 Å². The van der Waals surface area contributed by atoms with Gasteiger partial charge in [0.2, 0.25) is 0 Å². The average Bonchev–Trinajstić information content (AvgIpc) is 1.58. The zero-order valence-corrected chi connectivity index (χ0v) is 64.3. The Labute approximate surface area is 662 Å². The van der Waals surface area contributed by atoms with Gasteiger partial charge in [-0.1, -0.05) is 228 Å². The molecule has 21 rings (SSSR count). The van der Waals surface area contributed by atoms with Crippen LogP contribution in [-0.2, 0) is 10.8 Å². The van der Waals surface area contributed by atoms with E-state index < -0.39 is 0 Å². The molecule has 0 fully saturated rings. The summed E-state index contributed by atoms with van der Waals surface area (Å²) >= 11 is 1.84. The molecule has 0 saturated heterocycles. The Hall–Kier alpha value is -13.8. The maximum Gasteiger partial charge on any atom is 0.135 e. The van der Waals surface area contributed by atoms with Gasteiger partial charge in [-0.2, -0.15) is 0 Å². The second-order valence-electron chi connectivity index (χ2n) is 31.2. The number of rotatable bonds is 15. The molecule has 15 aromatic carbocycles. The van der Waals surface area contributed by atoms with Crippen molar-refractivity contribution in [2.24, 2.45) is 0 Å². The number of benzene rings is 15. The molecule has 0 saturated carbocycles. The SMILES string of the molecule is C=Cc1c(/C=C\C)n(-c2ccccc2)c2ccc(-c3ccc(N(c4ccc(-c5cc6ccc(-c7ccc8c(c7)-c7ccc(N(c9ccc(-c%10ccc%11c(c%10)c%10ccccc%10n%11-c%10ccccc%10)cc9)c9ccc(-c%10cc%11ccccc%11s%10)cc9)cc7C8(C)C)cc6o5)cc4)c4ccc5c(c4)C(C)(C)c4ccccc4-5)cc3)cc12. The summed E-state index contributed by atoms with van der Waals surface area (Å²) in [5.41, 5.74) is 34.5. The third kappa shape index (κ3) is 11.1. The summed E-state index contributed by atoms with van der Waals surface area (Å²) in [4.78, 5) is 6.09. The van der Waals surface area contributed by atoms with Crippen LogP contribution >= 0.6 is 11.3 Å². The lowest BCUT2D eigenvalue weighted by atomic mass is 9.82. The van der Waals surface area contributed by atoms with E-state index in [0.29, 0.717) is 0 Å². The van der Waals surface area contributed by atoms with Crippen LogP contribution in [0.15, 0.2) is 369 Å². The van der Waals surface area contributed by atoms with Gasteiger partial charge in [-0.05, 0) is 272 Å². The van der Waals surface area contributed by atoms with E-state index in [9.17, 15) is 0 Å². The Morgan fingerprint density at radius 1 is 0.336 bits per heavy atom. The van der Waals surface area contributed by atoms with Gasteiger partial charge in [-0.15, -0.1) is 11.3 Å². The second kappa shape index (κ2) is 26.5. The summed E-state index contributed by atoms with van der Waals surface area (Å²) in [6.07, 6.45) is 6.28. The van der Waals surface area contributed by atoms with Gasteiger partial charge < -0.3 is 23.4 Å². The van der Waals surface area contributed by atoms with Crippen LogP contribution < -0.4 is 9.80 Å². The van der Waals surface area contributed by atoms with E-state index in [1.807, 2.05) is 17.4 Å². The van der Waals surface area contributed by atoms with Crippen molar-refractivity contribution in [2.75, 3.05) is 9.80 Å². The van der Waals surface area contributed by atoms with Crippen LogP contribution in [0.5, 0.6) is 0 Å². The molecular weight excluding hydrogens is 1390 g/mol. The maximum atomic E-state index is 6.91. The first-order chi connectivity index (χ1) is 55.4. The fourth-order valence-electron chi connectivity index (χ4n) is 18.3. The molecule has 19 aromatic rings. The zero-order valence-electron chi connectivity index (χ0n) is 63.5. The van der Waals surface area contributed by atoms with Gasteiger partial charge in [0, 0.05) is 98.6 Å². The average molecular weight is 1470 g/mol. The van der Waals surface area contributed by atoms with Gasteiger partial charge in [0.25, 0.3) is 0 Å². The lowest BCUT2D eigenvalue weighted by Crippen LogP contribution is -2.16. The zero-order chi connectivity index (χ0) is 75.8. The second-order valence-corrected chi connectivity index (χ2v) is 32.3. The van der Waals surface area contributed by atoms with Crippen LogP contribution in [0.1, 0.15) is 68.1 Å². The predicted molar refractivity (Wildman–Crippen MR) is 479 cm³/mol. The number of para-hydroxylation sites is 3. The predicted octanol–water partition coefficient (Wildman–Crippen LogP) is 30.3. The monoisotopic (exact) mass is 1470 g/mol. The molecule has 5 nitrogen and oxygen atoms in total. The van der Waals surface area contributed by atoms with Gasteiger partial charge in [0.1, 0.15) is 11.3 Å². The van der Waals surface area contributed by atoms with Crippen LogP contribution in [-0.4, -0.2) is 9.13 Å². The van der Waals surface area contributed by atoms with Crippen LogP contribution in [0, 0.1) is 0 Å². The third-order valence-electron chi connectivity index (χ3n) is 24.0. The topological polar surface area (TPSA) is 29.5 Å². The Morgan fingerprint density at radius 2 is 0.805 bits per heavy atom. The molecule has 538 valence electrons. The molecule has 6 heteroatoms. The van der Waals surface area contributed by atoms with E-state index >= 15 is 0 Å². The van der Waals surface area contributed by atoms with Crippen molar-refractivity contribution in [3.05, 3.63) is 398 Å². The van der Waals surface area contributed by atoms with Gasteiger partial charge in [-0.3, -0.25) is 0 Å². The van der Waals surface area contributed by atoms with Crippen LogP contribution in [0.3, 0.4) is 0 Å². The van der Waals surface area contributed by atoms with Crippen molar-refractivity contribution < 1.29 is 4.42 Å². The molecular formula is C107H78N4OS. The first kappa shape index (κ1) is 67.3. The quantitative estimate of drug-likeness (QED) is 0.102. The molecule has 0 aliphatic heterocycles. The number of nitrogens with zero attached hydrogens (tertiary/aromatic N) is 4. The Kier molecular flexibility index (Phi) is 15.8. The largest absolute Gasteiger partial charge is 0.456 e. The highest BCUT2D eigenvalue weighted by Gasteiger charge is 2.38. The van der Waals surface area contributed by atoms with Crippen LogP contribution in [0.25, 0.3) is 155 Å². The number of hydrogen-bond acceptors (Lipinski definition) is 4. The summed E-state index contributed by atoms with van der Waals surface area (Å²) in [6.45, 7) is 15.9. The van der Waals surface area contributed by atoms with Gasteiger partial charge >= 0.3 is 0 Å². The molecule has 0 amide bonds. The van der Waals surface area contributed by atoms with Crippen molar-refractivity contribution in [2.45, 2.75) is 45.4 Å². The first-order valence-corrected chi connectivity index (χ1v) is 39.9. The molecule has 0 radical (unpaired) electrons. The molecule has 4 heterocycles. The van der Waals surface area contributed by atoms with E-state index in [0.717, 1.165) is 112 Å². The van der Waals surface area contributed by atoms with E-state index in [-0.39, 0.29) is 10.8 Å². The Bertz CT molecular complexity index is 7010. The minimum Gasteiger partial charge on any atom is -0.456 e. The Balaban J connectivity index is 0.590. The van der Waals surface area contributed by atoms with E-state index in [2.05, 4.69) is 424 Å². The number of aromatic nitrogens is 2. The van der Waals surface area contributed by atoms with Crippen molar-refractivity contribution in [1.29, 1.82) is 0 Å². The molecule has 2 aliphatic carbocycles. The van der Waals surface area contributed by atoms with Crippen molar-refractivity contribution in [3.63, 3.8) is 0 Å². The molecule has 113 heavy (non-hydrogen) atoms. The highest BCUT2D eigenvalue weighted by molar-refractivity contribution is 7.22. The summed E-state index contributed by atoms with van der Waals surface area (Å²) in [5, 5.41) is 5.97. The molecule has 2 aliphatic rings. The molecule has 0 unspecified atom stereocenters. The highest BCUT2D eigenvalue weighted by atomic mass is 32.1. The molecule has 4 aromatic heterocycles. The van der Waals surface area contributed by atoms with Gasteiger partial charge in [0.05, 0.1) is 22.2 Å². The summed E-state index contributed by atoms with van der Waals surface area (Å²) in [6, 6.07) is 130. The minimum absolute atomic E-state index is 0.171. The normalized spacial score (nSPS) is 13.1.